The van der Waals surface area contributed by atoms with E-state index in [-0.39, 0.29) is 29.4 Å². The molecule has 2 saturated heterocycles. The summed E-state index contributed by atoms with van der Waals surface area (Å²) in [4.78, 5) is 6.91. The molecule has 2 rings (SSSR count). The van der Waals surface area contributed by atoms with Gasteiger partial charge in [0, 0.05) is 39.2 Å². The van der Waals surface area contributed by atoms with Crippen molar-refractivity contribution in [2.24, 2.45) is 22.2 Å². The van der Waals surface area contributed by atoms with Crippen LogP contribution in [0.15, 0.2) is 4.99 Å². The molecule has 0 amide bonds. The quantitative estimate of drug-likeness (QED) is 0.406. The van der Waals surface area contributed by atoms with Crippen molar-refractivity contribution < 1.29 is 4.74 Å². The summed E-state index contributed by atoms with van der Waals surface area (Å²) in [5.41, 5.74) is 0.205. The molecule has 0 aromatic rings. The second-order valence-electron chi connectivity index (χ2n) is 8.16. The third kappa shape index (κ3) is 6.07. The minimum atomic E-state index is 0. The van der Waals surface area contributed by atoms with Gasteiger partial charge in [-0.15, -0.1) is 24.0 Å². The van der Waals surface area contributed by atoms with Gasteiger partial charge < -0.3 is 15.0 Å². The minimum Gasteiger partial charge on any atom is -0.377 e. The minimum absolute atomic E-state index is 0. The summed E-state index contributed by atoms with van der Waals surface area (Å²) in [5, 5.41) is 3.62. The number of piperidine rings is 1. The van der Waals surface area contributed by atoms with Crippen LogP contribution in [0.2, 0.25) is 0 Å². The fourth-order valence-corrected chi connectivity index (χ4v) is 3.78. The predicted molar refractivity (Wildman–Crippen MR) is 109 cm³/mol. The molecule has 0 radical (unpaired) electrons. The number of rotatable bonds is 2. The Morgan fingerprint density at radius 2 is 1.87 bits per heavy atom. The van der Waals surface area contributed by atoms with Gasteiger partial charge in [-0.3, -0.25) is 4.99 Å². The smallest absolute Gasteiger partial charge is 0.193 e. The molecule has 2 aliphatic heterocycles. The standard InChI is InChI=1S/C18H35N3O.HI/c1-14-8-10-21(11-9-14)17(19-5)20-13-15-7-6-12-22-16(15)18(2,3)4;/h14-16H,6-13H2,1-5H3,(H,19,20);1H. The highest BCUT2D eigenvalue weighted by molar-refractivity contribution is 14.0. The van der Waals surface area contributed by atoms with Gasteiger partial charge in [0.2, 0.25) is 0 Å². The second-order valence-corrected chi connectivity index (χ2v) is 8.16. The van der Waals surface area contributed by atoms with Crippen molar-refractivity contribution in [1.82, 2.24) is 10.2 Å². The first-order valence-corrected chi connectivity index (χ1v) is 8.99. The van der Waals surface area contributed by atoms with E-state index in [0.29, 0.717) is 12.0 Å². The Labute approximate surface area is 159 Å². The maximum atomic E-state index is 6.09. The Kier molecular flexibility index (Phi) is 8.63. The Bertz CT molecular complexity index is 373. The van der Waals surface area contributed by atoms with Crippen molar-refractivity contribution in [3.8, 4) is 0 Å². The van der Waals surface area contributed by atoms with Gasteiger partial charge in [-0.1, -0.05) is 27.7 Å². The molecular weight excluding hydrogens is 401 g/mol. The van der Waals surface area contributed by atoms with E-state index in [2.05, 4.69) is 42.9 Å². The van der Waals surface area contributed by atoms with Crippen molar-refractivity contribution in [1.29, 1.82) is 0 Å². The number of hydrogen-bond acceptors (Lipinski definition) is 2. The number of guanidine groups is 1. The normalized spacial score (nSPS) is 27.5. The van der Waals surface area contributed by atoms with Gasteiger partial charge in [0.1, 0.15) is 0 Å². The lowest BCUT2D eigenvalue weighted by molar-refractivity contribution is -0.0836. The molecular formula is C18H36IN3O. The van der Waals surface area contributed by atoms with E-state index in [1.807, 2.05) is 7.05 Å². The third-order valence-corrected chi connectivity index (χ3v) is 5.12. The molecule has 5 heteroatoms. The number of hydrogen-bond donors (Lipinski definition) is 1. The second kappa shape index (κ2) is 9.44. The summed E-state index contributed by atoms with van der Waals surface area (Å²) >= 11 is 0. The van der Waals surface area contributed by atoms with Crippen LogP contribution in [0, 0.1) is 17.3 Å². The molecule has 0 aliphatic carbocycles. The fourth-order valence-electron chi connectivity index (χ4n) is 3.78. The molecule has 0 spiro atoms. The van der Waals surface area contributed by atoms with Crippen LogP contribution < -0.4 is 5.32 Å². The lowest BCUT2D eigenvalue weighted by Crippen LogP contribution is -2.50. The molecule has 4 nitrogen and oxygen atoms in total. The molecule has 2 atom stereocenters. The van der Waals surface area contributed by atoms with Crippen molar-refractivity contribution in [2.75, 3.05) is 33.3 Å². The summed E-state index contributed by atoms with van der Waals surface area (Å²) < 4.78 is 6.09. The molecule has 2 heterocycles. The van der Waals surface area contributed by atoms with Crippen molar-refractivity contribution >= 4 is 29.9 Å². The van der Waals surface area contributed by atoms with Crippen LogP contribution in [0.3, 0.4) is 0 Å². The average molecular weight is 437 g/mol. The molecule has 0 bridgehead atoms. The summed E-state index contributed by atoms with van der Waals surface area (Å²) in [7, 11) is 1.90. The highest BCUT2D eigenvalue weighted by Gasteiger charge is 2.35. The zero-order valence-electron chi connectivity index (χ0n) is 15.6. The van der Waals surface area contributed by atoms with E-state index >= 15 is 0 Å². The Morgan fingerprint density at radius 1 is 1.22 bits per heavy atom. The van der Waals surface area contributed by atoms with Crippen LogP contribution in [0.4, 0.5) is 0 Å². The SMILES string of the molecule is CN=C(NCC1CCCOC1C(C)(C)C)N1CCC(C)CC1.I. The van der Waals surface area contributed by atoms with E-state index in [1.165, 1.54) is 25.7 Å². The first-order chi connectivity index (χ1) is 10.4. The van der Waals surface area contributed by atoms with Gasteiger partial charge >= 0.3 is 0 Å². The van der Waals surface area contributed by atoms with Gasteiger partial charge in [0.25, 0.3) is 0 Å². The Balaban J connectivity index is 0.00000264. The number of halogens is 1. The van der Waals surface area contributed by atoms with Crippen molar-refractivity contribution in [3.05, 3.63) is 0 Å². The average Bonchev–Trinajstić information content (AvgIpc) is 2.49. The number of ether oxygens (including phenoxy) is 1. The molecule has 2 fully saturated rings. The van der Waals surface area contributed by atoms with Gasteiger partial charge in [-0.2, -0.15) is 0 Å². The van der Waals surface area contributed by atoms with Crippen LogP contribution in [0.25, 0.3) is 0 Å². The van der Waals surface area contributed by atoms with Crippen LogP contribution in [-0.4, -0.2) is 50.3 Å². The summed E-state index contributed by atoms with van der Waals surface area (Å²) in [6, 6.07) is 0. The Morgan fingerprint density at radius 3 is 2.43 bits per heavy atom. The molecule has 136 valence electrons. The molecule has 2 aliphatic rings. The van der Waals surface area contributed by atoms with E-state index in [9.17, 15) is 0 Å². The van der Waals surface area contributed by atoms with Gasteiger partial charge in [0.05, 0.1) is 6.10 Å². The summed E-state index contributed by atoms with van der Waals surface area (Å²) in [6.07, 6.45) is 5.32. The number of nitrogens with zero attached hydrogens (tertiary/aromatic N) is 2. The van der Waals surface area contributed by atoms with Gasteiger partial charge in [-0.05, 0) is 37.0 Å². The molecule has 2 unspecified atom stereocenters. The maximum Gasteiger partial charge on any atom is 0.193 e. The summed E-state index contributed by atoms with van der Waals surface area (Å²) in [5.74, 6) is 2.51. The van der Waals surface area contributed by atoms with E-state index in [0.717, 1.165) is 38.1 Å². The van der Waals surface area contributed by atoms with Crippen molar-refractivity contribution in [3.63, 3.8) is 0 Å². The van der Waals surface area contributed by atoms with Crippen molar-refractivity contribution in [2.45, 2.75) is 59.5 Å². The van der Waals surface area contributed by atoms with E-state index in [4.69, 9.17) is 4.74 Å². The number of aliphatic imine (C=N–C) groups is 1. The zero-order valence-corrected chi connectivity index (χ0v) is 17.9. The van der Waals surface area contributed by atoms with Crippen LogP contribution in [0.5, 0.6) is 0 Å². The summed E-state index contributed by atoms with van der Waals surface area (Å²) in [6.45, 7) is 13.4. The first kappa shape index (κ1) is 21.0. The number of likely N-dealkylation sites (tertiary alicyclic amines) is 1. The monoisotopic (exact) mass is 437 g/mol. The van der Waals surface area contributed by atoms with Gasteiger partial charge in [-0.25, -0.2) is 0 Å². The maximum absolute atomic E-state index is 6.09. The lowest BCUT2D eigenvalue weighted by atomic mass is 9.78. The largest absolute Gasteiger partial charge is 0.377 e. The zero-order chi connectivity index (χ0) is 16.2. The highest BCUT2D eigenvalue weighted by atomic mass is 127. The predicted octanol–water partition coefficient (Wildman–Crippen LogP) is 3.75. The molecule has 0 aromatic carbocycles. The van der Waals surface area contributed by atoms with E-state index in [1.54, 1.807) is 0 Å². The van der Waals surface area contributed by atoms with Gasteiger partial charge in [0.15, 0.2) is 5.96 Å². The lowest BCUT2D eigenvalue weighted by Gasteiger charge is -2.41. The molecule has 23 heavy (non-hydrogen) atoms. The van der Waals surface area contributed by atoms with Crippen LogP contribution in [0.1, 0.15) is 53.4 Å². The van der Waals surface area contributed by atoms with Crippen LogP contribution in [-0.2, 0) is 4.74 Å². The van der Waals surface area contributed by atoms with E-state index < -0.39 is 0 Å². The molecule has 1 N–H and O–H groups in total. The third-order valence-electron chi connectivity index (χ3n) is 5.12. The fraction of sp³-hybridized carbons (Fsp3) is 0.944. The Hall–Kier alpha value is -0.0400. The first-order valence-electron chi connectivity index (χ1n) is 8.99. The topological polar surface area (TPSA) is 36.9 Å². The molecule has 0 saturated carbocycles. The molecule has 0 aromatic heterocycles. The van der Waals surface area contributed by atoms with Crippen LogP contribution >= 0.6 is 24.0 Å². The highest BCUT2D eigenvalue weighted by Crippen LogP contribution is 2.33. The number of nitrogens with one attached hydrogen (secondary N) is 1.